The van der Waals surface area contributed by atoms with Gasteiger partial charge in [0, 0.05) is 6.04 Å². The van der Waals surface area contributed by atoms with Crippen LogP contribution in [0, 0.1) is 5.92 Å². The molecular formula is C12H28N2. The van der Waals surface area contributed by atoms with E-state index in [0.29, 0.717) is 6.04 Å². The van der Waals surface area contributed by atoms with Crippen molar-refractivity contribution < 1.29 is 0 Å². The fourth-order valence-corrected chi connectivity index (χ4v) is 1.42. The van der Waals surface area contributed by atoms with Gasteiger partial charge < -0.3 is 10.6 Å². The van der Waals surface area contributed by atoms with Crippen LogP contribution < -0.4 is 10.6 Å². The van der Waals surface area contributed by atoms with E-state index in [1.54, 1.807) is 0 Å². The van der Waals surface area contributed by atoms with Gasteiger partial charge >= 0.3 is 0 Å². The molecule has 0 aliphatic rings. The van der Waals surface area contributed by atoms with Crippen molar-refractivity contribution in [3.63, 3.8) is 0 Å². The number of nitrogens with one attached hydrogen (secondary N) is 2. The third-order valence-electron chi connectivity index (χ3n) is 2.29. The molecule has 2 heteroatoms. The van der Waals surface area contributed by atoms with Crippen LogP contribution in [0.15, 0.2) is 0 Å². The van der Waals surface area contributed by atoms with Crippen LogP contribution in [0.5, 0.6) is 0 Å². The summed E-state index contributed by atoms with van der Waals surface area (Å²) in [5.41, 5.74) is 0. The molecule has 0 radical (unpaired) electrons. The van der Waals surface area contributed by atoms with E-state index in [1.165, 1.54) is 19.3 Å². The Morgan fingerprint density at radius 2 is 1.79 bits per heavy atom. The second-order valence-corrected chi connectivity index (χ2v) is 4.60. The summed E-state index contributed by atoms with van der Waals surface area (Å²) in [6.45, 7) is 12.5. The SMILES string of the molecule is CCCNC(C)CCCNCC(C)C. The maximum Gasteiger partial charge on any atom is 0.00391 e. The molecule has 1 unspecified atom stereocenters. The largest absolute Gasteiger partial charge is 0.316 e. The molecule has 0 saturated heterocycles. The lowest BCUT2D eigenvalue weighted by atomic mass is 10.1. The minimum atomic E-state index is 0.677. The molecule has 14 heavy (non-hydrogen) atoms. The van der Waals surface area contributed by atoms with E-state index in [0.717, 1.165) is 25.6 Å². The Balaban J connectivity index is 3.10. The Morgan fingerprint density at radius 3 is 2.36 bits per heavy atom. The lowest BCUT2D eigenvalue weighted by Gasteiger charge is -2.13. The Kier molecular flexibility index (Phi) is 9.42. The van der Waals surface area contributed by atoms with Crippen molar-refractivity contribution in [2.75, 3.05) is 19.6 Å². The predicted molar refractivity (Wildman–Crippen MR) is 64.7 cm³/mol. The molecule has 0 spiro atoms. The summed E-state index contributed by atoms with van der Waals surface area (Å²) in [5.74, 6) is 0.769. The van der Waals surface area contributed by atoms with Crippen molar-refractivity contribution in [1.29, 1.82) is 0 Å². The molecule has 0 rings (SSSR count). The van der Waals surface area contributed by atoms with Gasteiger partial charge in [0.1, 0.15) is 0 Å². The second kappa shape index (κ2) is 9.47. The van der Waals surface area contributed by atoms with E-state index in [4.69, 9.17) is 0 Å². The lowest BCUT2D eigenvalue weighted by molar-refractivity contribution is 0.474. The van der Waals surface area contributed by atoms with Gasteiger partial charge in [0.05, 0.1) is 0 Å². The van der Waals surface area contributed by atoms with E-state index >= 15 is 0 Å². The van der Waals surface area contributed by atoms with Gasteiger partial charge in [-0.3, -0.25) is 0 Å². The summed E-state index contributed by atoms with van der Waals surface area (Å²) in [7, 11) is 0. The Morgan fingerprint density at radius 1 is 1.07 bits per heavy atom. The van der Waals surface area contributed by atoms with Crippen LogP contribution in [-0.4, -0.2) is 25.7 Å². The van der Waals surface area contributed by atoms with Gasteiger partial charge in [-0.15, -0.1) is 0 Å². The molecule has 0 bridgehead atoms. The highest BCUT2D eigenvalue weighted by atomic mass is 14.9. The summed E-state index contributed by atoms with van der Waals surface area (Å²) in [5, 5.41) is 6.97. The zero-order valence-electron chi connectivity index (χ0n) is 10.4. The maximum absolute atomic E-state index is 3.50. The zero-order chi connectivity index (χ0) is 10.8. The molecule has 0 aliphatic heterocycles. The van der Waals surface area contributed by atoms with Gasteiger partial charge in [0.25, 0.3) is 0 Å². The average Bonchev–Trinajstić information content (AvgIpc) is 2.13. The van der Waals surface area contributed by atoms with Gasteiger partial charge in [-0.2, -0.15) is 0 Å². The Bertz CT molecular complexity index is 113. The van der Waals surface area contributed by atoms with Crippen LogP contribution in [-0.2, 0) is 0 Å². The van der Waals surface area contributed by atoms with Gasteiger partial charge in [0.2, 0.25) is 0 Å². The predicted octanol–water partition coefficient (Wildman–Crippen LogP) is 2.40. The Labute approximate surface area is 89.9 Å². The van der Waals surface area contributed by atoms with Crippen molar-refractivity contribution in [3.05, 3.63) is 0 Å². The third kappa shape index (κ3) is 10.0. The minimum absolute atomic E-state index is 0.677. The van der Waals surface area contributed by atoms with Crippen LogP contribution in [0.4, 0.5) is 0 Å². The van der Waals surface area contributed by atoms with E-state index < -0.39 is 0 Å². The van der Waals surface area contributed by atoms with E-state index in [-0.39, 0.29) is 0 Å². The summed E-state index contributed by atoms with van der Waals surface area (Å²) in [4.78, 5) is 0. The van der Waals surface area contributed by atoms with Gasteiger partial charge in [-0.05, 0) is 51.7 Å². The van der Waals surface area contributed by atoms with Crippen LogP contribution >= 0.6 is 0 Å². The summed E-state index contributed by atoms with van der Waals surface area (Å²) < 4.78 is 0. The van der Waals surface area contributed by atoms with E-state index in [2.05, 4.69) is 38.3 Å². The first kappa shape index (κ1) is 13.9. The Hall–Kier alpha value is -0.0800. The smallest absolute Gasteiger partial charge is 0.00391 e. The first-order chi connectivity index (χ1) is 6.66. The first-order valence-electron chi connectivity index (χ1n) is 6.10. The third-order valence-corrected chi connectivity index (χ3v) is 2.29. The maximum atomic E-state index is 3.50. The zero-order valence-corrected chi connectivity index (χ0v) is 10.4. The highest BCUT2D eigenvalue weighted by Crippen LogP contribution is 1.95. The van der Waals surface area contributed by atoms with Crippen LogP contribution in [0.25, 0.3) is 0 Å². The second-order valence-electron chi connectivity index (χ2n) is 4.60. The topological polar surface area (TPSA) is 24.1 Å². The highest BCUT2D eigenvalue weighted by molar-refractivity contribution is 4.61. The number of hydrogen-bond donors (Lipinski definition) is 2. The quantitative estimate of drug-likeness (QED) is 0.559. The van der Waals surface area contributed by atoms with Crippen molar-refractivity contribution in [3.8, 4) is 0 Å². The molecule has 0 aromatic heterocycles. The fraction of sp³-hybridized carbons (Fsp3) is 1.00. The van der Waals surface area contributed by atoms with Crippen LogP contribution in [0.2, 0.25) is 0 Å². The van der Waals surface area contributed by atoms with Crippen LogP contribution in [0.1, 0.15) is 47.0 Å². The molecule has 0 aliphatic carbocycles. The minimum Gasteiger partial charge on any atom is -0.316 e. The standard InChI is InChI=1S/C12H28N2/c1-5-8-14-12(4)7-6-9-13-10-11(2)3/h11-14H,5-10H2,1-4H3. The molecule has 0 saturated carbocycles. The monoisotopic (exact) mass is 200 g/mol. The molecular weight excluding hydrogens is 172 g/mol. The first-order valence-corrected chi connectivity index (χ1v) is 6.10. The molecule has 1 atom stereocenters. The highest BCUT2D eigenvalue weighted by Gasteiger charge is 1.99. The summed E-state index contributed by atoms with van der Waals surface area (Å²) >= 11 is 0. The van der Waals surface area contributed by atoms with Crippen LogP contribution in [0.3, 0.4) is 0 Å². The molecule has 2 nitrogen and oxygen atoms in total. The average molecular weight is 200 g/mol. The van der Waals surface area contributed by atoms with Gasteiger partial charge in [-0.1, -0.05) is 20.8 Å². The molecule has 0 heterocycles. The van der Waals surface area contributed by atoms with Crippen molar-refractivity contribution >= 4 is 0 Å². The molecule has 0 aromatic carbocycles. The van der Waals surface area contributed by atoms with Crippen molar-refractivity contribution in [1.82, 2.24) is 10.6 Å². The normalized spacial score (nSPS) is 13.5. The van der Waals surface area contributed by atoms with E-state index in [9.17, 15) is 0 Å². The lowest BCUT2D eigenvalue weighted by Crippen LogP contribution is -2.28. The number of rotatable bonds is 9. The fourth-order valence-electron chi connectivity index (χ4n) is 1.42. The van der Waals surface area contributed by atoms with E-state index in [1.807, 2.05) is 0 Å². The molecule has 0 aromatic rings. The summed E-state index contributed by atoms with van der Waals surface area (Å²) in [6.07, 6.45) is 3.80. The van der Waals surface area contributed by atoms with Gasteiger partial charge in [0.15, 0.2) is 0 Å². The molecule has 2 N–H and O–H groups in total. The summed E-state index contributed by atoms with van der Waals surface area (Å²) in [6, 6.07) is 0.677. The molecule has 86 valence electrons. The molecule has 0 amide bonds. The van der Waals surface area contributed by atoms with Crippen molar-refractivity contribution in [2.45, 2.75) is 53.0 Å². The van der Waals surface area contributed by atoms with Gasteiger partial charge in [-0.25, -0.2) is 0 Å². The molecule has 0 fully saturated rings. The number of hydrogen-bond acceptors (Lipinski definition) is 2. The van der Waals surface area contributed by atoms with Crippen molar-refractivity contribution in [2.24, 2.45) is 5.92 Å².